The molecule has 0 spiro atoms. The molecule has 0 amide bonds. The number of thiazole rings is 1. The largest absolute Gasteiger partial charge is 0.493 e. The van der Waals surface area contributed by atoms with Gasteiger partial charge >= 0.3 is 5.97 Å². The Morgan fingerprint density at radius 2 is 1.74 bits per heavy atom. The quantitative estimate of drug-likeness (QED) is 0.217. The molecule has 0 radical (unpaired) electrons. The molecular formula is C35H33N3O7S. The van der Waals surface area contributed by atoms with Crippen LogP contribution in [0.1, 0.15) is 49.1 Å². The van der Waals surface area contributed by atoms with Crippen LogP contribution in [0.4, 0.5) is 0 Å². The van der Waals surface area contributed by atoms with Crippen molar-refractivity contribution in [2.45, 2.75) is 33.4 Å². The van der Waals surface area contributed by atoms with E-state index in [2.05, 4.69) is 11.1 Å². The zero-order valence-corrected chi connectivity index (χ0v) is 27.0. The smallest absolute Gasteiger partial charge is 0.338 e. The van der Waals surface area contributed by atoms with E-state index in [1.54, 1.807) is 56.3 Å². The molecule has 11 heteroatoms. The van der Waals surface area contributed by atoms with Crippen molar-refractivity contribution in [2.75, 3.05) is 27.4 Å². The number of nitriles is 1. The molecule has 1 aliphatic heterocycles. The summed E-state index contributed by atoms with van der Waals surface area (Å²) < 4.78 is 30.2. The highest BCUT2D eigenvalue weighted by Crippen LogP contribution is 2.36. The van der Waals surface area contributed by atoms with Crippen LogP contribution in [0.2, 0.25) is 0 Å². The first-order valence-corrected chi connectivity index (χ1v) is 15.4. The van der Waals surface area contributed by atoms with Gasteiger partial charge in [0.2, 0.25) is 0 Å². The van der Waals surface area contributed by atoms with Gasteiger partial charge in [0.25, 0.3) is 5.56 Å². The number of hydrogen-bond donors (Lipinski definition) is 0. The molecule has 0 bridgehead atoms. The lowest BCUT2D eigenvalue weighted by Crippen LogP contribution is -2.39. The summed E-state index contributed by atoms with van der Waals surface area (Å²) in [6, 6.07) is 19.3. The van der Waals surface area contributed by atoms with Crippen LogP contribution in [-0.4, -0.2) is 38.0 Å². The van der Waals surface area contributed by atoms with Crippen LogP contribution in [0.3, 0.4) is 0 Å². The summed E-state index contributed by atoms with van der Waals surface area (Å²) in [5.74, 6) is 1.44. The zero-order chi connectivity index (χ0) is 32.8. The van der Waals surface area contributed by atoms with E-state index in [0.29, 0.717) is 61.3 Å². The SMILES string of the molecule is CCOC(=O)C1=C(C)N=c2s/c(=C/c3ccc(OCc4ccccc4C#N)c(OCC)c3)c(=O)n2[C@H]1c1ccc(OC)c(OC)c1. The Morgan fingerprint density at radius 1 is 0.978 bits per heavy atom. The third-order valence-electron chi connectivity index (χ3n) is 7.33. The lowest BCUT2D eigenvalue weighted by atomic mass is 9.95. The van der Waals surface area contributed by atoms with Gasteiger partial charge in [-0.3, -0.25) is 9.36 Å². The van der Waals surface area contributed by atoms with Crippen LogP contribution in [-0.2, 0) is 16.1 Å². The predicted molar refractivity (Wildman–Crippen MR) is 173 cm³/mol. The molecule has 10 nitrogen and oxygen atoms in total. The molecule has 0 unspecified atom stereocenters. The molecule has 46 heavy (non-hydrogen) atoms. The Balaban J connectivity index is 1.58. The average molecular weight is 640 g/mol. The summed E-state index contributed by atoms with van der Waals surface area (Å²) in [4.78, 5) is 32.4. The number of ether oxygens (including phenoxy) is 5. The van der Waals surface area contributed by atoms with Gasteiger partial charge in [-0.15, -0.1) is 0 Å². The van der Waals surface area contributed by atoms with E-state index in [1.165, 1.54) is 30.1 Å². The van der Waals surface area contributed by atoms with Crippen molar-refractivity contribution in [3.05, 3.63) is 114 Å². The van der Waals surface area contributed by atoms with E-state index in [1.807, 2.05) is 31.2 Å². The van der Waals surface area contributed by atoms with Gasteiger partial charge < -0.3 is 23.7 Å². The molecule has 0 aliphatic carbocycles. The van der Waals surface area contributed by atoms with E-state index in [0.717, 1.165) is 5.56 Å². The van der Waals surface area contributed by atoms with Crippen LogP contribution in [0.15, 0.2) is 81.7 Å². The fraction of sp³-hybridized carbons (Fsp3) is 0.257. The second-order valence-electron chi connectivity index (χ2n) is 10.1. The van der Waals surface area contributed by atoms with Gasteiger partial charge in [0, 0.05) is 5.56 Å². The molecule has 5 rings (SSSR count). The number of methoxy groups -OCH3 is 2. The van der Waals surface area contributed by atoms with E-state index >= 15 is 0 Å². The van der Waals surface area contributed by atoms with Gasteiger partial charge in [-0.2, -0.15) is 5.26 Å². The Labute approximate surface area is 270 Å². The summed E-state index contributed by atoms with van der Waals surface area (Å²) >= 11 is 1.22. The summed E-state index contributed by atoms with van der Waals surface area (Å²) in [6.07, 6.45) is 1.76. The number of fused-ring (bicyclic) bond motifs is 1. The maximum atomic E-state index is 14.1. The Morgan fingerprint density at radius 3 is 2.46 bits per heavy atom. The van der Waals surface area contributed by atoms with Gasteiger partial charge in [0.1, 0.15) is 6.61 Å². The van der Waals surface area contributed by atoms with Gasteiger partial charge in [0.05, 0.1) is 60.9 Å². The molecule has 1 aliphatic rings. The molecule has 0 N–H and O–H groups in total. The average Bonchev–Trinajstić information content (AvgIpc) is 3.37. The van der Waals surface area contributed by atoms with E-state index in [9.17, 15) is 14.9 Å². The van der Waals surface area contributed by atoms with Crippen LogP contribution < -0.4 is 33.8 Å². The zero-order valence-electron chi connectivity index (χ0n) is 26.2. The second-order valence-corrected chi connectivity index (χ2v) is 11.1. The monoisotopic (exact) mass is 639 g/mol. The van der Waals surface area contributed by atoms with Crippen LogP contribution in [0.25, 0.3) is 6.08 Å². The van der Waals surface area contributed by atoms with Gasteiger partial charge in [0.15, 0.2) is 27.8 Å². The topological polar surface area (TPSA) is 121 Å². The van der Waals surface area contributed by atoms with E-state index < -0.39 is 12.0 Å². The molecule has 1 atom stereocenters. The molecule has 1 aromatic heterocycles. The number of carbonyl (C=O) groups is 1. The van der Waals surface area contributed by atoms with Crippen LogP contribution in [0, 0.1) is 11.3 Å². The fourth-order valence-corrected chi connectivity index (χ4v) is 6.24. The van der Waals surface area contributed by atoms with Crippen molar-refractivity contribution >= 4 is 23.4 Å². The van der Waals surface area contributed by atoms with Gasteiger partial charge in [-0.25, -0.2) is 9.79 Å². The third-order valence-corrected chi connectivity index (χ3v) is 8.31. The van der Waals surface area contributed by atoms with Crippen molar-refractivity contribution < 1.29 is 28.5 Å². The molecule has 0 saturated carbocycles. The second kappa shape index (κ2) is 14.2. The van der Waals surface area contributed by atoms with Gasteiger partial charge in [-0.05, 0) is 68.3 Å². The lowest BCUT2D eigenvalue weighted by molar-refractivity contribution is -0.139. The first kappa shape index (κ1) is 32.1. The third kappa shape index (κ3) is 6.39. The molecule has 0 fully saturated rings. The molecular weight excluding hydrogens is 606 g/mol. The lowest BCUT2D eigenvalue weighted by Gasteiger charge is -2.25. The number of allylic oxidation sites excluding steroid dienone is 1. The van der Waals surface area contributed by atoms with Gasteiger partial charge in [-0.1, -0.05) is 41.7 Å². The van der Waals surface area contributed by atoms with Crippen molar-refractivity contribution in [2.24, 2.45) is 4.99 Å². The summed E-state index contributed by atoms with van der Waals surface area (Å²) in [7, 11) is 3.07. The number of esters is 1. The summed E-state index contributed by atoms with van der Waals surface area (Å²) in [5.41, 5.74) is 3.07. The highest BCUT2D eigenvalue weighted by molar-refractivity contribution is 7.07. The minimum absolute atomic E-state index is 0.172. The number of nitrogens with zero attached hydrogens (tertiary/aromatic N) is 3. The molecule has 0 saturated heterocycles. The normalized spacial score (nSPS) is 14.2. The first-order valence-electron chi connectivity index (χ1n) is 14.6. The highest BCUT2D eigenvalue weighted by Gasteiger charge is 2.34. The number of hydrogen-bond acceptors (Lipinski definition) is 10. The number of carbonyl (C=O) groups excluding carboxylic acids is 1. The Bertz CT molecular complexity index is 2040. The predicted octanol–water partition coefficient (Wildman–Crippen LogP) is 4.66. The van der Waals surface area contributed by atoms with E-state index in [-0.39, 0.29) is 24.3 Å². The minimum Gasteiger partial charge on any atom is -0.493 e. The van der Waals surface area contributed by atoms with Crippen molar-refractivity contribution in [1.29, 1.82) is 5.26 Å². The molecule has 4 aromatic rings. The maximum Gasteiger partial charge on any atom is 0.338 e. The van der Waals surface area contributed by atoms with Crippen LogP contribution >= 0.6 is 11.3 Å². The molecule has 3 aromatic carbocycles. The standard InChI is InChI=1S/C35H33N3O7S/c1-6-43-29-16-22(12-14-27(29)45-20-25-11-9-8-10-24(25)19-36)17-30-33(39)38-32(23-13-15-26(41-4)28(18-23)42-5)31(34(40)44-7-2)21(3)37-35(38)46-30/h8-18,32H,6-7,20H2,1-5H3/b30-17+/t32-/m0/s1. The van der Waals surface area contributed by atoms with Crippen molar-refractivity contribution in [3.8, 4) is 29.1 Å². The summed E-state index contributed by atoms with van der Waals surface area (Å²) in [6.45, 7) is 6.10. The minimum atomic E-state index is -0.802. The van der Waals surface area contributed by atoms with E-state index in [4.69, 9.17) is 23.7 Å². The summed E-state index contributed by atoms with van der Waals surface area (Å²) in [5, 5.41) is 9.42. The Kier molecular flexibility index (Phi) is 9.88. The first-order chi connectivity index (χ1) is 22.3. The van der Waals surface area contributed by atoms with Crippen molar-refractivity contribution in [3.63, 3.8) is 0 Å². The molecule has 2 heterocycles. The van der Waals surface area contributed by atoms with Crippen LogP contribution in [0.5, 0.6) is 23.0 Å². The maximum absolute atomic E-state index is 14.1. The molecule has 236 valence electrons. The highest BCUT2D eigenvalue weighted by atomic mass is 32.1. The fourth-order valence-electron chi connectivity index (χ4n) is 5.19. The number of aromatic nitrogens is 1. The van der Waals surface area contributed by atoms with Crippen molar-refractivity contribution in [1.82, 2.24) is 4.57 Å². The number of rotatable bonds is 11. The number of benzene rings is 3. The Hall–Kier alpha value is -5.34.